The van der Waals surface area contributed by atoms with Gasteiger partial charge in [0, 0.05) is 0 Å². The van der Waals surface area contributed by atoms with Gasteiger partial charge in [-0.15, -0.1) is 0 Å². The highest BCUT2D eigenvalue weighted by Crippen LogP contribution is 2.31. The van der Waals surface area contributed by atoms with Gasteiger partial charge in [-0.25, -0.2) is 0 Å². The van der Waals surface area contributed by atoms with E-state index in [9.17, 15) is 14.4 Å². The summed E-state index contributed by atoms with van der Waals surface area (Å²) in [6.07, 6.45) is 0. The maximum absolute atomic E-state index is 11.8. The maximum Gasteiger partial charge on any atom is 0.324 e. The fourth-order valence-electron chi connectivity index (χ4n) is 2.50. The zero-order chi connectivity index (χ0) is 22.3. The van der Waals surface area contributed by atoms with Crippen molar-refractivity contribution in [3.63, 3.8) is 0 Å². The fourth-order valence-corrected chi connectivity index (χ4v) is 2.50. The number of rotatable bonds is 5. The van der Waals surface area contributed by atoms with Crippen molar-refractivity contribution in [3.05, 3.63) is 0 Å². The van der Waals surface area contributed by atoms with Crippen LogP contribution in [0, 0.1) is 11.3 Å². The van der Waals surface area contributed by atoms with Crippen molar-refractivity contribution < 1.29 is 42.8 Å². The van der Waals surface area contributed by atoms with E-state index in [1.54, 1.807) is 27.7 Å². The van der Waals surface area contributed by atoms with E-state index in [-0.39, 0.29) is 37.5 Å². The van der Waals surface area contributed by atoms with Crippen LogP contribution in [-0.4, -0.2) is 68.9 Å². The smallest absolute Gasteiger partial charge is 0.324 e. The molecule has 0 spiro atoms. The van der Waals surface area contributed by atoms with Gasteiger partial charge in [-0.1, -0.05) is 0 Å². The van der Waals surface area contributed by atoms with Crippen molar-refractivity contribution in [1.82, 2.24) is 0 Å². The molecule has 2 saturated heterocycles. The van der Waals surface area contributed by atoms with Gasteiger partial charge in [0.25, 0.3) is 0 Å². The van der Waals surface area contributed by atoms with Gasteiger partial charge < -0.3 is 28.4 Å². The molecular weight excluding hydrogens is 384 g/mol. The minimum Gasteiger partial charge on any atom is -0.466 e. The molecule has 29 heavy (non-hydrogen) atoms. The Bertz CT molecular complexity index is 563. The van der Waals surface area contributed by atoms with Crippen LogP contribution >= 0.6 is 0 Å². The number of esters is 2. The zero-order valence-electron chi connectivity index (χ0n) is 18.5. The molecule has 0 aromatic heterocycles. The van der Waals surface area contributed by atoms with Gasteiger partial charge in [-0.2, -0.15) is 0 Å². The maximum atomic E-state index is 11.8. The van der Waals surface area contributed by atoms with Gasteiger partial charge in [0.05, 0.1) is 39.6 Å². The molecule has 0 saturated carbocycles. The third-order valence-corrected chi connectivity index (χ3v) is 4.56. The summed E-state index contributed by atoms with van der Waals surface area (Å²) in [5, 5.41) is 0. The quantitative estimate of drug-likeness (QED) is 0.488. The Kier molecular flexibility index (Phi) is 9.20. The molecule has 0 amide bonds. The summed E-state index contributed by atoms with van der Waals surface area (Å²) in [7, 11) is 0. The van der Waals surface area contributed by atoms with Crippen LogP contribution in [0.25, 0.3) is 0 Å². The monoisotopic (exact) mass is 418 g/mol. The molecule has 9 nitrogen and oxygen atoms in total. The first kappa shape index (κ1) is 25.5. The Labute approximate surface area is 172 Å². The molecule has 2 aliphatic rings. The van der Waals surface area contributed by atoms with Gasteiger partial charge in [0.2, 0.25) is 0 Å². The Balaban J connectivity index is 0.000000296. The highest BCUT2D eigenvalue weighted by atomic mass is 16.7. The standard InChI is InChI=1S/C11H18O5.C9H16O4/c1-5-14-9(13)11(8(2)12)6-15-10(3,4)16-7-11;1-4-11-8(10)7-5-12-9(2,3)13-6-7/h5-7H2,1-4H3;7H,4-6H2,1-3H3. The molecule has 2 heterocycles. The summed E-state index contributed by atoms with van der Waals surface area (Å²) in [5.74, 6) is -2.69. The fraction of sp³-hybridized carbons (Fsp3) is 0.850. The third kappa shape index (κ3) is 7.33. The zero-order valence-corrected chi connectivity index (χ0v) is 18.5. The summed E-state index contributed by atoms with van der Waals surface area (Å²) >= 11 is 0. The van der Waals surface area contributed by atoms with Gasteiger partial charge in [-0.3, -0.25) is 14.4 Å². The van der Waals surface area contributed by atoms with E-state index in [0.717, 1.165) is 0 Å². The number of ether oxygens (including phenoxy) is 6. The largest absolute Gasteiger partial charge is 0.466 e. The van der Waals surface area contributed by atoms with Gasteiger partial charge >= 0.3 is 11.9 Å². The van der Waals surface area contributed by atoms with Crippen LogP contribution in [0.1, 0.15) is 48.5 Å². The Morgan fingerprint density at radius 1 is 0.828 bits per heavy atom. The third-order valence-electron chi connectivity index (χ3n) is 4.56. The van der Waals surface area contributed by atoms with E-state index in [4.69, 9.17) is 28.4 Å². The molecule has 2 aliphatic heterocycles. The van der Waals surface area contributed by atoms with Crippen LogP contribution in [-0.2, 0) is 42.8 Å². The summed E-state index contributed by atoms with van der Waals surface area (Å²) in [6, 6.07) is 0. The van der Waals surface area contributed by atoms with Gasteiger partial charge in [-0.05, 0) is 48.5 Å². The average Bonchev–Trinajstić information content (AvgIpc) is 2.62. The molecule has 0 N–H and O–H groups in total. The van der Waals surface area contributed by atoms with Crippen molar-refractivity contribution in [1.29, 1.82) is 0 Å². The number of ketones is 1. The molecule has 9 heteroatoms. The number of carbonyl (C=O) groups is 3. The van der Waals surface area contributed by atoms with E-state index in [2.05, 4.69) is 0 Å². The molecule has 0 aromatic rings. The second-order valence-corrected chi connectivity index (χ2v) is 7.81. The van der Waals surface area contributed by atoms with Crippen molar-refractivity contribution >= 4 is 17.7 Å². The highest BCUT2D eigenvalue weighted by Gasteiger charge is 2.51. The van der Waals surface area contributed by atoms with Crippen LogP contribution in [0.5, 0.6) is 0 Å². The lowest BCUT2D eigenvalue weighted by molar-refractivity contribution is -0.278. The van der Waals surface area contributed by atoms with Crippen LogP contribution in [0.15, 0.2) is 0 Å². The molecule has 0 aliphatic carbocycles. The summed E-state index contributed by atoms with van der Waals surface area (Å²) in [6.45, 7) is 13.4. The molecule has 0 unspecified atom stereocenters. The number of hydrogen-bond donors (Lipinski definition) is 0. The number of carbonyl (C=O) groups excluding carboxylic acids is 3. The lowest BCUT2D eigenvalue weighted by atomic mass is 9.85. The predicted octanol–water partition coefficient (Wildman–Crippen LogP) is 1.86. The van der Waals surface area contributed by atoms with E-state index >= 15 is 0 Å². The molecular formula is C20H34O9. The van der Waals surface area contributed by atoms with E-state index in [1.165, 1.54) is 6.92 Å². The molecule has 168 valence electrons. The molecule has 2 fully saturated rings. The van der Waals surface area contributed by atoms with Gasteiger partial charge in [0.15, 0.2) is 22.8 Å². The van der Waals surface area contributed by atoms with Crippen molar-refractivity contribution in [2.45, 2.75) is 60.0 Å². The molecule has 0 bridgehead atoms. The van der Waals surface area contributed by atoms with Gasteiger partial charge in [0.1, 0.15) is 5.92 Å². The summed E-state index contributed by atoms with van der Waals surface area (Å²) < 4.78 is 31.1. The Hall–Kier alpha value is -1.55. The summed E-state index contributed by atoms with van der Waals surface area (Å²) in [4.78, 5) is 34.6. The van der Waals surface area contributed by atoms with E-state index in [0.29, 0.717) is 19.8 Å². The first-order valence-corrected chi connectivity index (χ1v) is 9.80. The number of Topliss-reactive ketones (excluding diaryl/α,β-unsaturated/α-hetero) is 1. The van der Waals surface area contributed by atoms with Crippen molar-refractivity contribution in [2.75, 3.05) is 39.6 Å². The first-order valence-electron chi connectivity index (χ1n) is 9.80. The minimum atomic E-state index is -1.30. The SMILES string of the molecule is CCOC(=O)C1(C(C)=O)COC(C)(C)OC1.CCOC(=O)C1COC(C)(C)OC1. The van der Waals surface area contributed by atoms with Crippen molar-refractivity contribution in [2.24, 2.45) is 11.3 Å². The van der Waals surface area contributed by atoms with E-state index in [1.807, 2.05) is 13.8 Å². The number of hydrogen-bond acceptors (Lipinski definition) is 9. The molecule has 0 radical (unpaired) electrons. The van der Waals surface area contributed by atoms with Crippen LogP contribution in [0.4, 0.5) is 0 Å². The van der Waals surface area contributed by atoms with Crippen LogP contribution in [0.2, 0.25) is 0 Å². The van der Waals surface area contributed by atoms with Crippen LogP contribution in [0.3, 0.4) is 0 Å². The highest BCUT2D eigenvalue weighted by molar-refractivity contribution is 6.03. The average molecular weight is 418 g/mol. The Morgan fingerprint density at radius 2 is 1.28 bits per heavy atom. The Morgan fingerprint density at radius 3 is 1.69 bits per heavy atom. The summed E-state index contributed by atoms with van der Waals surface area (Å²) in [5.41, 5.74) is -1.30. The molecule has 0 aromatic carbocycles. The molecule has 0 atom stereocenters. The lowest BCUT2D eigenvalue weighted by Crippen LogP contribution is -2.54. The first-order chi connectivity index (χ1) is 13.4. The topological polar surface area (TPSA) is 107 Å². The minimum absolute atomic E-state index is 0.00810. The normalized spacial score (nSPS) is 22.6. The second-order valence-electron chi connectivity index (χ2n) is 7.81. The van der Waals surface area contributed by atoms with Crippen LogP contribution < -0.4 is 0 Å². The van der Waals surface area contributed by atoms with E-state index < -0.39 is 23.0 Å². The predicted molar refractivity (Wildman–Crippen MR) is 102 cm³/mol. The lowest BCUT2D eigenvalue weighted by Gasteiger charge is -2.40. The molecule has 2 rings (SSSR count). The second kappa shape index (κ2) is 10.5. The van der Waals surface area contributed by atoms with Crippen molar-refractivity contribution in [3.8, 4) is 0 Å².